The van der Waals surface area contributed by atoms with Gasteiger partial charge in [0.25, 0.3) is 0 Å². The lowest BCUT2D eigenvalue weighted by Gasteiger charge is -2.28. The van der Waals surface area contributed by atoms with Crippen LogP contribution in [0.25, 0.3) is 0 Å². The van der Waals surface area contributed by atoms with E-state index in [4.69, 9.17) is 4.74 Å². The van der Waals surface area contributed by atoms with Crippen LogP contribution in [-0.4, -0.2) is 30.9 Å². The van der Waals surface area contributed by atoms with Gasteiger partial charge in [-0.25, -0.2) is 8.78 Å². The first-order chi connectivity index (χ1) is 7.68. The Morgan fingerprint density at radius 1 is 1.38 bits per heavy atom. The van der Waals surface area contributed by atoms with Crippen molar-refractivity contribution in [3.63, 3.8) is 0 Å². The molecule has 5 heteroatoms. The van der Waals surface area contributed by atoms with Crippen LogP contribution in [0.1, 0.15) is 11.7 Å². The van der Waals surface area contributed by atoms with E-state index in [0.717, 1.165) is 12.1 Å². The summed E-state index contributed by atoms with van der Waals surface area (Å²) in [4.78, 5) is 0. The molecule has 0 aliphatic carbocycles. The van der Waals surface area contributed by atoms with Crippen LogP contribution >= 0.6 is 0 Å². The highest BCUT2D eigenvalue weighted by molar-refractivity contribution is 5.22. The smallest absolute Gasteiger partial charge is 0.131 e. The predicted molar refractivity (Wildman–Crippen MR) is 53.9 cm³/mol. The maximum atomic E-state index is 13.3. The van der Waals surface area contributed by atoms with Gasteiger partial charge in [0.1, 0.15) is 11.6 Å². The van der Waals surface area contributed by atoms with E-state index in [1.54, 1.807) is 0 Å². The van der Waals surface area contributed by atoms with E-state index in [1.165, 1.54) is 6.07 Å². The summed E-state index contributed by atoms with van der Waals surface area (Å²) in [5.74, 6) is -1.45. The van der Waals surface area contributed by atoms with Crippen molar-refractivity contribution in [3.8, 4) is 0 Å². The molecule has 0 aromatic heterocycles. The quantitative estimate of drug-likeness (QED) is 0.809. The second-order valence-corrected chi connectivity index (χ2v) is 3.79. The van der Waals surface area contributed by atoms with Crippen molar-refractivity contribution in [2.45, 2.75) is 12.1 Å². The van der Waals surface area contributed by atoms with E-state index in [9.17, 15) is 13.9 Å². The van der Waals surface area contributed by atoms with Gasteiger partial charge in [0, 0.05) is 6.54 Å². The van der Waals surface area contributed by atoms with E-state index < -0.39 is 17.7 Å². The molecule has 2 N–H and O–H groups in total. The van der Waals surface area contributed by atoms with Gasteiger partial charge < -0.3 is 15.2 Å². The first-order valence-corrected chi connectivity index (χ1v) is 5.11. The minimum atomic E-state index is -1.18. The predicted octanol–water partition coefficient (Wildman–Crippen LogP) is 0.987. The lowest BCUT2D eigenvalue weighted by atomic mass is 10.1. The zero-order chi connectivity index (χ0) is 11.5. The average Bonchev–Trinajstić information content (AvgIpc) is 2.15. The van der Waals surface area contributed by atoms with Gasteiger partial charge >= 0.3 is 0 Å². The lowest BCUT2D eigenvalue weighted by Crippen LogP contribution is -2.47. The Labute approximate surface area is 92.0 Å². The van der Waals surface area contributed by atoms with Gasteiger partial charge in [-0.1, -0.05) is 6.07 Å². The zero-order valence-electron chi connectivity index (χ0n) is 8.62. The van der Waals surface area contributed by atoms with Crippen molar-refractivity contribution in [2.75, 3.05) is 19.8 Å². The third-order valence-electron chi connectivity index (χ3n) is 2.57. The topological polar surface area (TPSA) is 41.5 Å². The maximum Gasteiger partial charge on any atom is 0.131 e. The number of hydrogen-bond donors (Lipinski definition) is 2. The molecule has 1 fully saturated rings. The number of hydrogen-bond acceptors (Lipinski definition) is 3. The molecule has 1 unspecified atom stereocenters. The van der Waals surface area contributed by atoms with E-state index in [1.807, 2.05) is 0 Å². The zero-order valence-corrected chi connectivity index (χ0v) is 8.62. The fourth-order valence-corrected chi connectivity index (χ4v) is 1.56. The van der Waals surface area contributed by atoms with Crippen molar-refractivity contribution in [1.29, 1.82) is 0 Å². The summed E-state index contributed by atoms with van der Waals surface area (Å²) >= 11 is 0. The Hall–Kier alpha value is -1.04. The average molecular weight is 229 g/mol. The molecule has 1 aromatic carbocycles. The fraction of sp³-hybridized carbons (Fsp3) is 0.455. The van der Waals surface area contributed by atoms with Gasteiger partial charge in [0.2, 0.25) is 0 Å². The largest absolute Gasteiger partial charge is 0.387 e. The van der Waals surface area contributed by atoms with Crippen LogP contribution in [0.5, 0.6) is 0 Å². The number of ether oxygens (including phenoxy) is 1. The summed E-state index contributed by atoms with van der Waals surface area (Å²) in [5, 5.41) is 12.6. The highest BCUT2D eigenvalue weighted by atomic mass is 19.1. The summed E-state index contributed by atoms with van der Waals surface area (Å²) < 4.78 is 31.5. The van der Waals surface area contributed by atoms with Gasteiger partial charge in [0.15, 0.2) is 0 Å². The first kappa shape index (κ1) is 11.4. The molecule has 0 amide bonds. The van der Waals surface area contributed by atoms with E-state index in [0.29, 0.717) is 13.2 Å². The molecular formula is C11H13F2NO2. The van der Waals surface area contributed by atoms with Crippen LogP contribution in [0, 0.1) is 11.6 Å². The molecule has 0 radical (unpaired) electrons. The molecule has 1 aromatic rings. The summed E-state index contributed by atoms with van der Waals surface area (Å²) in [5.41, 5.74) is -0.282. The highest BCUT2D eigenvalue weighted by Crippen LogP contribution is 2.20. The molecule has 0 bridgehead atoms. The Kier molecular flexibility index (Phi) is 3.48. The summed E-state index contributed by atoms with van der Waals surface area (Å²) in [6, 6.07) is 3.71. The molecule has 0 saturated carbocycles. The van der Waals surface area contributed by atoms with Crippen molar-refractivity contribution in [1.82, 2.24) is 5.32 Å². The Balaban J connectivity index is 1.98. The summed E-state index contributed by atoms with van der Waals surface area (Å²) in [7, 11) is 0. The monoisotopic (exact) mass is 229 g/mol. The van der Waals surface area contributed by atoms with Crippen molar-refractivity contribution < 1.29 is 18.6 Å². The highest BCUT2D eigenvalue weighted by Gasteiger charge is 2.22. The lowest BCUT2D eigenvalue weighted by molar-refractivity contribution is -0.0101. The van der Waals surface area contributed by atoms with Crippen LogP contribution in [-0.2, 0) is 4.74 Å². The molecule has 16 heavy (non-hydrogen) atoms. The SMILES string of the molecule is OC(CNC1COC1)c1c(F)cccc1F. The van der Waals surface area contributed by atoms with Gasteiger partial charge in [-0.2, -0.15) is 0 Å². The van der Waals surface area contributed by atoms with Gasteiger partial charge in [-0.05, 0) is 12.1 Å². The molecule has 1 heterocycles. The number of aliphatic hydroxyl groups is 1. The molecule has 0 spiro atoms. The molecule has 3 nitrogen and oxygen atoms in total. The van der Waals surface area contributed by atoms with Crippen molar-refractivity contribution >= 4 is 0 Å². The van der Waals surface area contributed by atoms with Crippen LogP contribution in [0.2, 0.25) is 0 Å². The fourth-order valence-electron chi connectivity index (χ4n) is 1.56. The normalized spacial score (nSPS) is 18.2. The third-order valence-corrected chi connectivity index (χ3v) is 2.57. The van der Waals surface area contributed by atoms with E-state index in [-0.39, 0.29) is 18.2 Å². The summed E-state index contributed by atoms with van der Waals surface area (Å²) in [6.07, 6.45) is -1.18. The maximum absolute atomic E-state index is 13.3. The minimum absolute atomic E-state index is 0.117. The minimum Gasteiger partial charge on any atom is -0.387 e. The van der Waals surface area contributed by atoms with Crippen molar-refractivity contribution in [3.05, 3.63) is 35.4 Å². The molecule has 1 aliphatic heterocycles. The number of nitrogens with one attached hydrogen (secondary N) is 1. The van der Waals surface area contributed by atoms with Crippen LogP contribution < -0.4 is 5.32 Å². The van der Waals surface area contributed by atoms with Gasteiger partial charge in [-0.3, -0.25) is 0 Å². The standard InChI is InChI=1S/C11H13F2NO2/c12-8-2-1-3-9(13)11(8)10(15)4-14-7-5-16-6-7/h1-3,7,10,14-15H,4-6H2. The molecule has 2 rings (SSSR count). The van der Waals surface area contributed by atoms with E-state index in [2.05, 4.69) is 5.32 Å². The summed E-state index contributed by atoms with van der Waals surface area (Å²) in [6.45, 7) is 1.27. The Morgan fingerprint density at radius 2 is 2.00 bits per heavy atom. The second-order valence-electron chi connectivity index (χ2n) is 3.79. The third kappa shape index (κ3) is 2.37. The van der Waals surface area contributed by atoms with Crippen LogP contribution in [0.15, 0.2) is 18.2 Å². The number of halogens is 2. The van der Waals surface area contributed by atoms with Crippen LogP contribution in [0.4, 0.5) is 8.78 Å². The molecular weight excluding hydrogens is 216 g/mol. The van der Waals surface area contributed by atoms with Crippen molar-refractivity contribution in [2.24, 2.45) is 0 Å². The second kappa shape index (κ2) is 4.86. The van der Waals surface area contributed by atoms with E-state index >= 15 is 0 Å². The number of rotatable bonds is 4. The number of benzene rings is 1. The Bertz CT molecular complexity index is 349. The number of aliphatic hydroxyl groups excluding tert-OH is 1. The first-order valence-electron chi connectivity index (χ1n) is 5.11. The van der Waals surface area contributed by atoms with Gasteiger partial charge in [0.05, 0.1) is 30.9 Å². The molecule has 1 aliphatic rings. The van der Waals surface area contributed by atoms with Crippen LogP contribution in [0.3, 0.4) is 0 Å². The molecule has 1 saturated heterocycles. The molecule has 1 atom stereocenters. The Morgan fingerprint density at radius 3 is 2.50 bits per heavy atom. The molecule has 88 valence electrons. The van der Waals surface area contributed by atoms with Gasteiger partial charge in [-0.15, -0.1) is 0 Å².